The van der Waals surface area contributed by atoms with E-state index in [2.05, 4.69) is 9.84 Å². The minimum Gasteiger partial charge on any atom is -0.481 e. The van der Waals surface area contributed by atoms with Gasteiger partial charge in [0.15, 0.2) is 5.69 Å². The number of hydrogen-bond donors (Lipinski definition) is 1. The average molecular weight is 224 g/mol. The van der Waals surface area contributed by atoms with Gasteiger partial charge in [-0.15, -0.1) is 0 Å². The monoisotopic (exact) mass is 224 g/mol. The number of hydrogen-bond acceptors (Lipinski definition) is 4. The van der Waals surface area contributed by atoms with Crippen LogP contribution in [0.5, 0.6) is 0 Å². The summed E-state index contributed by atoms with van der Waals surface area (Å²) in [6, 6.07) is 0. The van der Waals surface area contributed by atoms with Gasteiger partial charge in [0.1, 0.15) is 0 Å². The number of carboxylic acid groups (broad SMARTS) is 1. The highest BCUT2D eigenvalue weighted by atomic mass is 16.5. The number of aryl methyl sites for hydroxylation is 1. The Balaban J connectivity index is 2.28. The molecule has 6 heteroatoms. The Morgan fingerprint density at radius 1 is 1.62 bits per heavy atom. The minimum atomic E-state index is -0.829. The Morgan fingerprint density at radius 2 is 2.31 bits per heavy atom. The summed E-state index contributed by atoms with van der Waals surface area (Å²) in [7, 11) is 2.97. The number of esters is 1. The van der Waals surface area contributed by atoms with Crippen LogP contribution < -0.4 is 0 Å². The third kappa shape index (κ3) is 1.66. The van der Waals surface area contributed by atoms with Gasteiger partial charge in [-0.3, -0.25) is 9.48 Å². The summed E-state index contributed by atoms with van der Waals surface area (Å²) in [6.45, 7) is 0. The number of carbonyl (C=O) groups is 2. The molecule has 1 saturated carbocycles. The SMILES string of the molecule is COC(=O)c1nn(C)cc1C1CC1C(=O)O. The Kier molecular flexibility index (Phi) is 2.41. The number of nitrogens with zero attached hydrogens (tertiary/aromatic N) is 2. The van der Waals surface area contributed by atoms with Gasteiger partial charge in [0.2, 0.25) is 0 Å². The first-order valence-electron chi connectivity index (χ1n) is 4.89. The van der Waals surface area contributed by atoms with Gasteiger partial charge in [0.05, 0.1) is 13.0 Å². The molecule has 1 N–H and O–H groups in total. The van der Waals surface area contributed by atoms with Crippen LogP contribution in [0.1, 0.15) is 28.4 Å². The van der Waals surface area contributed by atoms with Crippen LogP contribution in [-0.4, -0.2) is 33.9 Å². The van der Waals surface area contributed by atoms with Crippen molar-refractivity contribution in [2.24, 2.45) is 13.0 Å². The normalized spacial score (nSPS) is 22.9. The van der Waals surface area contributed by atoms with E-state index in [0.717, 1.165) is 0 Å². The van der Waals surface area contributed by atoms with Gasteiger partial charge < -0.3 is 9.84 Å². The molecule has 16 heavy (non-hydrogen) atoms. The Bertz CT molecular complexity index is 452. The summed E-state index contributed by atoms with van der Waals surface area (Å²) in [5.74, 6) is -1.86. The summed E-state index contributed by atoms with van der Waals surface area (Å²) >= 11 is 0. The third-order valence-electron chi connectivity index (χ3n) is 2.74. The molecule has 2 unspecified atom stereocenters. The Morgan fingerprint density at radius 3 is 2.81 bits per heavy atom. The van der Waals surface area contributed by atoms with Crippen LogP contribution in [0, 0.1) is 5.92 Å². The van der Waals surface area contributed by atoms with Crippen molar-refractivity contribution < 1.29 is 19.4 Å². The largest absolute Gasteiger partial charge is 0.481 e. The predicted molar refractivity (Wildman–Crippen MR) is 53.0 cm³/mol. The lowest BCUT2D eigenvalue weighted by atomic mass is 10.1. The first-order chi connectivity index (χ1) is 7.54. The molecule has 0 saturated heterocycles. The fourth-order valence-corrected chi connectivity index (χ4v) is 1.85. The van der Waals surface area contributed by atoms with Crippen LogP contribution in [0.25, 0.3) is 0 Å². The summed E-state index contributed by atoms with van der Waals surface area (Å²) in [4.78, 5) is 22.2. The molecule has 6 nitrogen and oxygen atoms in total. The highest BCUT2D eigenvalue weighted by Gasteiger charge is 2.46. The van der Waals surface area contributed by atoms with Gasteiger partial charge in [0, 0.05) is 24.7 Å². The molecule has 1 aromatic rings. The topological polar surface area (TPSA) is 81.4 Å². The molecule has 86 valence electrons. The van der Waals surface area contributed by atoms with E-state index in [1.54, 1.807) is 13.2 Å². The summed E-state index contributed by atoms with van der Waals surface area (Å²) in [5.41, 5.74) is 0.889. The smallest absolute Gasteiger partial charge is 0.358 e. The van der Waals surface area contributed by atoms with Crippen LogP contribution in [0.3, 0.4) is 0 Å². The van der Waals surface area contributed by atoms with Crippen molar-refractivity contribution in [1.29, 1.82) is 0 Å². The summed E-state index contributed by atoms with van der Waals surface area (Å²) < 4.78 is 6.10. The van der Waals surface area contributed by atoms with E-state index >= 15 is 0 Å². The molecule has 0 bridgehead atoms. The number of carboxylic acids is 1. The van der Waals surface area contributed by atoms with Crippen molar-refractivity contribution in [3.05, 3.63) is 17.5 Å². The van der Waals surface area contributed by atoms with Crippen molar-refractivity contribution >= 4 is 11.9 Å². The second-order valence-corrected chi connectivity index (χ2v) is 3.89. The van der Waals surface area contributed by atoms with E-state index < -0.39 is 17.9 Å². The van der Waals surface area contributed by atoms with Crippen LogP contribution in [0.2, 0.25) is 0 Å². The molecular weight excluding hydrogens is 212 g/mol. The highest BCUT2D eigenvalue weighted by Crippen LogP contribution is 2.48. The summed E-state index contributed by atoms with van der Waals surface area (Å²) in [6.07, 6.45) is 2.24. The number of aromatic nitrogens is 2. The standard InChI is InChI=1S/C10H12N2O4/c1-12-4-7(5-3-6(5)9(13)14)8(11-12)10(15)16-2/h4-6H,3H2,1-2H3,(H,13,14). The van der Waals surface area contributed by atoms with Gasteiger partial charge in [0.25, 0.3) is 0 Å². The Hall–Kier alpha value is -1.85. The van der Waals surface area contributed by atoms with Crippen LogP contribution in [0.15, 0.2) is 6.20 Å². The number of carbonyl (C=O) groups excluding carboxylic acids is 1. The third-order valence-corrected chi connectivity index (χ3v) is 2.74. The van der Waals surface area contributed by atoms with E-state index in [4.69, 9.17) is 5.11 Å². The maximum absolute atomic E-state index is 11.4. The number of methoxy groups -OCH3 is 1. The molecule has 0 aliphatic heterocycles. The maximum atomic E-state index is 11.4. The molecule has 0 radical (unpaired) electrons. The van der Waals surface area contributed by atoms with Gasteiger partial charge in [-0.25, -0.2) is 4.79 Å². The average Bonchev–Trinajstić information content (AvgIpc) is 2.95. The fraction of sp³-hybridized carbons (Fsp3) is 0.500. The van der Waals surface area contributed by atoms with Crippen LogP contribution >= 0.6 is 0 Å². The van der Waals surface area contributed by atoms with Crippen molar-refractivity contribution in [3.8, 4) is 0 Å². The lowest BCUT2D eigenvalue weighted by Gasteiger charge is -1.97. The first kappa shape index (κ1) is 10.7. The fourth-order valence-electron chi connectivity index (χ4n) is 1.85. The van der Waals surface area contributed by atoms with Crippen molar-refractivity contribution in [2.45, 2.75) is 12.3 Å². The van der Waals surface area contributed by atoms with Crippen LogP contribution in [-0.2, 0) is 16.6 Å². The zero-order valence-electron chi connectivity index (χ0n) is 9.01. The minimum absolute atomic E-state index is 0.111. The summed E-state index contributed by atoms with van der Waals surface area (Å²) in [5, 5.41) is 12.8. The van der Waals surface area contributed by atoms with Gasteiger partial charge in [-0.1, -0.05) is 0 Å². The molecule has 2 atom stereocenters. The van der Waals surface area contributed by atoms with Gasteiger partial charge in [-0.2, -0.15) is 5.10 Å². The number of ether oxygens (including phenoxy) is 1. The predicted octanol–water partition coefficient (Wildman–Crippen LogP) is 0.395. The van der Waals surface area contributed by atoms with Crippen LogP contribution in [0.4, 0.5) is 0 Å². The van der Waals surface area contributed by atoms with E-state index in [1.165, 1.54) is 11.8 Å². The lowest BCUT2D eigenvalue weighted by Crippen LogP contribution is -2.06. The van der Waals surface area contributed by atoms with E-state index in [1.807, 2.05) is 0 Å². The zero-order valence-corrected chi connectivity index (χ0v) is 9.01. The van der Waals surface area contributed by atoms with Crippen molar-refractivity contribution in [3.63, 3.8) is 0 Å². The van der Waals surface area contributed by atoms with E-state index in [-0.39, 0.29) is 11.6 Å². The Labute approximate surface area is 91.8 Å². The quantitative estimate of drug-likeness (QED) is 0.751. The molecule has 1 aromatic heterocycles. The molecule has 0 amide bonds. The van der Waals surface area contributed by atoms with Crippen molar-refractivity contribution in [2.75, 3.05) is 7.11 Å². The molecular formula is C10H12N2O4. The number of aliphatic carboxylic acids is 1. The number of rotatable bonds is 3. The van der Waals surface area contributed by atoms with Crippen molar-refractivity contribution in [1.82, 2.24) is 9.78 Å². The molecule has 2 rings (SSSR count). The molecule has 0 aromatic carbocycles. The second kappa shape index (κ2) is 3.62. The molecule has 1 fully saturated rings. The maximum Gasteiger partial charge on any atom is 0.358 e. The lowest BCUT2D eigenvalue weighted by molar-refractivity contribution is -0.138. The molecule has 1 aliphatic rings. The molecule has 0 spiro atoms. The molecule has 1 aliphatic carbocycles. The van der Waals surface area contributed by atoms with Gasteiger partial charge >= 0.3 is 11.9 Å². The zero-order chi connectivity index (χ0) is 11.9. The highest BCUT2D eigenvalue weighted by molar-refractivity contribution is 5.89. The molecule has 1 heterocycles. The van der Waals surface area contributed by atoms with Gasteiger partial charge in [-0.05, 0) is 6.42 Å². The first-order valence-corrected chi connectivity index (χ1v) is 4.89. The van der Waals surface area contributed by atoms with E-state index in [9.17, 15) is 9.59 Å². The van der Waals surface area contributed by atoms with E-state index in [0.29, 0.717) is 12.0 Å². The second-order valence-electron chi connectivity index (χ2n) is 3.89.